The van der Waals surface area contributed by atoms with Gasteiger partial charge in [-0.15, -0.1) is 0 Å². The van der Waals surface area contributed by atoms with Crippen LogP contribution in [0.3, 0.4) is 0 Å². The van der Waals surface area contributed by atoms with Crippen molar-refractivity contribution in [3.05, 3.63) is 57.4 Å². The Morgan fingerprint density at radius 1 is 1.26 bits per heavy atom. The van der Waals surface area contributed by atoms with Gasteiger partial charge in [-0.25, -0.2) is 4.79 Å². The summed E-state index contributed by atoms with van der Waals surface area (Å²) in [5.41, 5.74) is 3.62. The molecule has 2 aromatic carbocycles. The molecule has 27 heavy (non-hydrogen) atoms. The van der Waals surface area contributed by atoms with Crippen molar-refractivity contribution in [3.8, 4) is 11.3 Å². The summed E-state index contributed by atoms with van der Waals surface area (Å²) in [4.78, 5) is 19.6. The van der Waals surface area contributed by atoms with Crippen LogP contribution in [0, 0.1) is 0 Å². The van der Waals surface area contributed by atoms with Crippen LogP contribution < -0.4 is 10.5 Å². The summed E-state index contributed by atoms with van der Waals surface area (Å²) in [7, 11) is 1.60. The fourth-order valence-electron chi connectivity index (χ4n) is 3.06. The molecule has 0 amide bonds. The minimum atomic E-state index is -0.350. The number of methoxy groups -OCH3 is 1. The standard InChI is InChI=1S/C19H15BrClN3O3/c1-26-9-8-24-17-14-10-12(20)4-7-15(14)27-18(17)16(22-19(24)25)11-2-5-13(23-21)6-3-11/h2-7,10,23H,8-9H2,1H3. The molecule has 4 aromatic rings. The Labute approximate surface area is 167 Å². The topological polar surface area (TPSA) is 69.3 Å². The number of anilines is 1. The quantitative estimate of drug-likeness (QED) is 0.445. The van der Waals surface area contributed by atoms with E-state index in [9.17, 15) is 4.79 Å². The molecule has 0 aliphatic heterocycles. The van der Waals surface area contributed by atoms with Gasteiger partial charge < -0.3 is 9.15 Å². The number of ether oxygens (including phenoxy) is 1. The van der Waals surface area contributed by atoms with Crippen molar-refractivity contribution < 1.29 is 9.15 Å². The van der Waals surface area contributed by atoms with Crippen molar-refractivity contribution >= 4 is 55.5 Å². The zero-order chi connectivity index (χ0) is 19.0. The van der Waals surface area contributed by atoms with E-state index in [0.29, 0.717) is 35.5 Å². The fourth-order valence-corrected chi connectivity index (χ4v) is 3.55. The first-order valence-corrected chi connectivity index (χ1v) is 9.38. The summed E-state index contributed by atoms with van der Waals surface area (Å²) in [5.74, 6) is 0. The van der Waals surface area contributed by atoms with Crippen LogP contribution in [0.15, 0.2) is 56.1 Å². The molecular formula is C19H15BrClN3O3. The second-order valence-electron chi connectivity index (χ2n) is 5.98. The summed E-state index contributed by atoms with van der Waals surface area (Å²) in [6.07, 6.45) is 0. The van der Waals surface area contributed by atoms with Crippen LogP contribution in [-0.2, 0) is 11.3 Å². The Kier molecular flexibility index (Phi) is 4.90. The summed E-state index contributed by atoms with van der Waals surface area (Å²) in [5, 5.41) is 0.843. The van der Waals surface area contributed by atoms with Gasteiger partial charge in [0.25, 0.3) is 0 Å². The van der Waals surface area contributed by atoms with E-state index in [1.54, 1.807) is 11.7 Å². The number of hydrogen-bond acceptors (Lipinski definition) is 5. The molecule has 0 atom stereocenters. The predicted octanol–water partition coefficient (Wildman–Crippen LogP) is 4.78. The van der Waals surface area contributed by atoms with Crippen molar-refractivity contribution in [2.45, 2.75) is 6.54 Å². The fraction of sp³-hybridized carbons (Fsp3) is 0.158. The molecule has 0 unspecified atom stereocenters. The molecule has 0 aliphatic carbocycles. The first-order chi connectivity index (χ1) is 13.1. The number of nitrogens with one attached hydrogen (secondary N) is 1. The Hall–Kier alpha value is -2.35. The largest absolute Gasteiger partial charge is 0.452 e. The molecule has 0 radical (unpaired) electrons. The molecular weight excluding hydrogens is 434 g/mol. The summed E-state index contributed by atoms with van der Waals surface area (Å²) >= 11 is 9.12. The zero-order valence-corrected chi connectivity index (χ0v) is 16.7. The smallest absolute Gasteiger partial charge is 0.348 e. The van der Waals surface area contributed by atoms with E-state index in [2.05, 4.69) is 25.7 Å². The third-order valence-electron chi connectivity index (χ3n) is 4.33. The summed E-state index contributed by atoms with van der Waals surface area (Å²) in [6, 6.07) is 13.0. The highest BCUT2D eigenvalue weighted by molar-refractivity contribution is 9.10. The van der Waals surface area contributed by atoms with Crippen LogP contribution in [0.2, 0.25) is 0 Å². The number of benzene rings is 2. The van der Waals surface area contributed by atoms with E-state index in [1.165, 1.54) is 0 Å². The van der Waals surface area contributed by atoms with Crippen LogP contribution in [0.25, 0.3) is 33.3 Å². The molecule has 0 aliphatic rings. The molecule has 1 N–H and O–H groups in total. The van der Waals surface area contributed by atoms with E-state index < -0.39 is 0 Å². The van der Waals surface area contributed by atoms with Crippen LogP contribution in [0.1, 0.15) is 0 Å². The third-order valence-corrected chi connectivity index (χ3v) is 5.05. The van der Waals surface area contributed by atoms with Gasteiger partial charge in [0.15, 0.2) is 5.58 Å². The maximum Gasteiger partial charge on any atom is 0.348 e. The van der Waals surface area contributed by atoms with E-state index in [0.717, 1.165) is 21.1 Å². The molecule has 2 aromatic heterocycles. The normalized spacial score (nSPS) is 11.4. The molecule has 0 spiro atoms. The zero-order valence-electron chi connectivity index (χ0n) is 14.3. The van der Waals surface area contributed by atoms with E-state index in [1.807, 2.05) is 42.5 Å². The predicted molar refractivity (Wildman–Crippen MR) is 110 cm³/mol. The van der Waals surface area contributed by atoms with Gasteiger partial charge in [-0.3, -0.25) is 9.40 Å². The van der Waals surface area contributed by atoms with E-state index in [4.69, 9.17) is 20.9 Å². The van der Waals surface area contributed by atoms with Crippen molar-refractivity contribution in [1.82, 2.24) is 9.55 Å². The van der Waals surface area contributed by atoms with Crippen molar-refractivity contribution in [1.29, 1.82) is 0 Å². The molecule has 0 saturated carbocycles. The molecule has 2 heterocycles. The molecule has 0 saturated heterocycles. The summed E-state index contributed by atoms with van der Waals surface area (Å²) in [6.45, 7) is 0.780. The molecule has 4 rings (SSSR count). The first-order valence-electron chi connectivity index (χ1n) is 8.21. The number of nitrogens with zero attached hydrogens (tertiary/aromatic N) is 2. The second-order valence-corrected chi connectivity index (χ2v) is 7.08. The lowest BCUT2D eigenvalue weighted by Gasteiger charge is -2.09. The van der Waals surface area contributed by atoms with Crippen LogP contribution in [0.4, 0.5) is 5.69 Å². The number of hydrogen-bond donors (Lipinski definition) is 1. The highest BCUT2D eigenvalue weighted by Crippen LogP contribution is 2.35. The molecule has 6 nitrogen and oxygen atoms in total. The average Bonchev–Trinajstić information content (AvgIpc) is 3.05. The number of aromatic nitrogens is 2. The van der Waals surface area contributed by atoms with Gasteiger partial charge in [-0.05, 0) is 30.3 Å². The van der Waals surface area contributed by atoms with Crippen LogP contribution in [-0.4, -0.2) is 23.3 Å². The molecule has 0 bridgehead atoms. The highest BCUT2D eigenvalue weighted by atomic mass is 79.9. The number of fused-ring (bicyclic) bond motifs is 3. The third kappa shape index (κ3) is 3.22. The lowest BCUT2D eigenvalue weighted by atomic mass is 10.1. The minimum absolute atomic E-state index is 0.350. The van der Waals surface area contributed by atoms with Crippen LogP contribution in [0.5, 0.6) is 0 Å². The van der Waals surface area contributed by atoms with Gasteiger partial charge in [-0.2, -0.15) is 4.98 Å². The van der Waals surface area contributed by atoms with E-state index in [-0.39, 0.29) is 5.69 Å². The lowest BCUT2D eigenvalue weighted by molar-refractivity contribution is 0.187. The Morgan fingerprint density at radius 3 is 2.74 bits per heavy atom. The molecule has 8 heteroatoms. The van der Waals surface area contributed by atoms with Crippen molar-refractivity contribution in [3.63, 3.8) is 0 Å². The number of furan rings is 1. The summed E-state index contributed by atoms with van der Waals surface area (Å²) < 4.78 is 13.7. The van der Waals surface area contributed by atoms with Gasteiger partial charge in [0.2, 0.25) is 0 Å². The Balaban J connectivity index is 2.05. The SMILES string of the molecule is COCCn1c(=O)nc(-c2ccc(NCl)cc2)c2oc3ccc(Br)cc3c21. The Morgan fingerprint density at radius 2 is 2.04 bits per heavy atom. The lowest BCUT2D eigenvalue weighted by Crippen LogP contribution is -2.25. The van der Waals surface area contributed by atoms with Gasteiger partial charge in [-0.1, -0.05) is 28.1 Å². The molecule has 138 valence electrons. The maximum atomic E-state index is 12.8. The van der Waals surface area contributed by atoms with Crippen LogP contribution >= 0.6 is 27.7 Å². The van der Waals surface area contributed by atoms with Gasteiger partial charge in [0, 0.05) is 40.0 Å². The maximum absolute atomic E-state index is 12.8. The van der Waals surface area contributed by atoms with Crippen molar-refractivity contribution in [2.75, 3.05) is 18.6 Å². The average molecular weight is 449 g/mol. The van der Waals surface area contributed by atoms with E-state index >= 15 is 0 Å². The number of rotatable bonds is 5. The Bertz CT molecular complexity index is 1180. The van der Waals surface area contributed by atoms with Crippen molar-refractivity contribution in [2.24, 2.45) is 0 Å². The monoisotopic (exact) mass is 447 g/mol. The number of halogens is 2. The highest BCUT2D eigenvalue weighted by Gasteiger charge is 2.19. The minimum Gasteiger partial charge on any atom is -0.452 e. The second kappa shape index (κ2) is 7.34. The molecule has 0 fully saturated rings. The van der Waals surface area contributed by atoms with Gasteiger partial charge >= 0.3 is 5.69 Å². The van der Waals surface area contributed by atoms with Gasteiger partial charge in [0.05, 0.1) is 13.2 Å². The van der Waals surface area contributed by atoms with Gasteiger partial charge in [0.1, 0.15) is 16.8 Å². The first kappa shape index (κ1) is 18.0.